The average Bonchev–Trinajstić information content (AvgIpc) is 2.65. The Labute approximate surface area is 146 Å². The number of rotatable bonds is 8. The van der Waals surface area contributed by atoms with E-state index in [-0.39, 0.29) is 25.2 Å². The highest BCUT2D eigenvalue weighted by molar-refractivity contribution is 5.81. The van der Waals surface area contributed by atoms with Crippen molar-refractivity contribution in [2.45, 2.75) is 13.0 Å². The first-order chi connectivity index (χ1) is 12.1. The molecule has 0 saturated heterocycles. The van der Waals surface area contributed by atoms with Crippen LogP contribution in [0, 0.1) is 0 Å². The van der Waals surface area contributed by atoms with Crippen LogP contribution in [0.4, 0.5) is 0 Å². The summed E-state index contributed by atoms with van der Waals surface area (Å²) in [6.07, 6.45) is 0. The van der Waals surface area contributed by atoms with Gasteiger partial charge in [-0.1, -0.05) is 30.3 Å². The van der Waals surface area contributed by atoms with E-state index < -0.39 is 5.97 Å². The summed E-state index contributed by atoms with van der Waals surface area (Å²) in [7, 11) is 1.57. The molecular formula is C19H21NO5. The summed E-state index contributed by atoms with van der Waals surface area (Å²) >= 11 is 0. The molecule has 2 aromatic rings. The zero-order valence-electron chi connectivity index (χ0n) is 14.2. The standard InChI is InChI=1S/C19H21NO5/c1-14(15-6-4-3-5-7-15)20-18(21)12-25-19(22)13-24-17-10-8-16(23-2)9-11-17/h3-11,14H,12-13H2,1-2H3,(H,20,21)/t14-/m1/s1. The Morgan fingerprint density at radius 1 is 0.960 bits per heavy atom. The van der Waals surface area contributed by atoms with Crippen molar-refractivity contribution < 1.29 is 23.8 Å². The minimum Gasteiger partial charge on any atom is -0.497 e. The first kappa shape index (κ1) is 18.3. The molecule has 1 amide bonds. The molecular weight excluding hydrogens is 322 g/mol. The van der Waals surface area contributed by atoms with Crippen molar-refractivity contribution in [2.24, 2.45) is 0 Å². The van der Waals surface area contributed by atoms with Crippen LogP contribution < -0.4 is 14.8 Å². The third-order valence-corrected chi connectivity index (χ3v) is 3.46. The monoisotopic (exact) mass is 343 g/mol. The second kappa shape index (κ2) is 9.32. The van der Waals surface area contributed by atoms with Gasteiger partial charge < -0.3 is 19.5 Å². The minimum atomic E-state index is -0.613. The number of methoxy groups -OCH3 is 1. The summed E-state index contributed by atoms with van der Waals surface area (Å²) < 4.78 is 15.2. The van der Waals surface area contributed by atoms with E-state index in [1.165, 1.54) is 0 Å². The summed E-state index contributed by atoms with van der Waals surface area (Å²) in [6.45, 7) is 1.25. The fraction of sp³-hybridized carbons (Fsp3) is 0.263. The van der Waals surface area contributed by atoms with Gasteiger partial charge in [0, 0.05) is 0 Å². The van der Waals surface area contributed by atoms with E-state index in [1.54, 1.807) is 31.4 Å². The summed E-state index contributed by atoms with van der Waals surface area (Å²) in [5.74, 6) is 0.228. The maximum absolute atomic E-state index is 11.8. The Kier molecular flexibility index (Phi) is 6.83. The molecule has 6 heteroatoms. The van der Waals surface area contributed by atoms with Crippen LogP contribution in [0.1, 0.15) is 18.5 Å². The van der Waals surface area contributed by atoms with Gasteiger partial charge in [0.25, 0.3) is 5.91 Å². The molecule has 132 valence electrons. The number of nitrogens with one attached hydrogen (secondary N) is 1. The molecule has 0 unspecified atom stereocenters. The molecule has 0 aromatic heterocycles. The van der Waals surface area contributed by atoms with Crippen molar-refractivity contribution >= 4 is 11.9 Å². The molecule has 0 aliphatic rings. The maximum atomic E-state index is 11.8. The molecule has 6 nitrogen and oxygen atoms in total. The third-order valence-electron chi connectivity index (χ3n) is 3.46. The van der Waals surface area contributed by atoms with Gasteiger partial charge in [0.05, 0.1) is 13.2 Å². The first-order valence-corrected chi connectivity index (χ1v) is 7.85. The molecule has 1 atom stereocenters. The lowest BCUT2D eigenvalue weighted by Crippen LogP contribution is -2.31. The minimum absolute atomic E-state index is 0.164. The molecule has 0 bridgehead atoms. The van der Waals surface area contributed by atoms with Crippen molar-refractivity contribution in [1.82, 2.24) is 5.32 Å². The normalized spacial score (nSPS) is 11.3. The van der Waals surface area contributed by atoms with Crippen LogP contribution >= 0.6 is 0 Å². The van der Waals surface area contributed by atoms with Crippen molar-refractivity contribution in [3.8, 4) is 11.5 Å². The number of carbonyl (C=O) groups is 2. The van der Waals surface area contributed by atoms with E-state index in [0.717, 1.165) is 5.56 Å². The number of esters is 1. The van der Waals surface area contributed by atoms with Gasteiger partial charge in [0.2, 0.25) is 0 Å². The lowest BCUT2D eigenvalue weighted by Gasteiger charge is -2.14. The Morgan fingerprint density at radius 2 is 1.60 bits per heavy atom. The molecule has 0 heterocycles. The van der Waals surface area contributed by atoms with Crippen molar-refractivity contribution in [2.75, 3.05) is 20.3 Å². The van der Waals surface area contributed by atoms with Crippen LogP contribution in [0.15, 0.2) is 54.6 Å². The SMILES string of the molecule is COc1ccc(OCC(=O)OCC(=O)N[C@H](C)c2ccccc2)cc1. The summed E-state index contributed by atoms with van der Waals surface area (Å²) in [6, 6.07) is 16.2. The van der Waals surface area contributed by atoms with Crippen LogP contribution in [-0.2, 0) is 14.3 Å². The number of carbonyl (C=O) groups excluding carboxylic acids is 2. The van der Waals surface area contributed by atoms with Crippen molar-refractivity contribution in [3.05, 3.63) is 60.2 Å². The van der Waals surface area contributed by atoms with Gasteiger partial charge in [0.1, 0.15) is 11.5 Å². The molecule has 1 N–H and O–H groups in total. The zero-order valence-corrected chi connectivity index (χ0v) is 14.2. The van der Waals surface area contributed by atoms with Gasteiger partial charge in [0.15, 0.2) is 13.2 Å². The van der Waals surface area contributed by atoms with E-state index in [4.69, 9.17) is 14.2 Å². The average molecular weight is 343 g/mol. The largest absolute Gasteiger partial charge is 0.497 e. The number of hydrogen-bond acceptors (Lipinski definition) is 5. The number of ether oxygens (including phenoxy) is 3. The molecule has 25 heavy (non-hydrogen) atoms. The van der Waals surface area contributed by atoms with Gasteiger partial charge in [-0.15, -0.1) is 0 Å². The third kappa shape index (κ3) is 6.18. The fourth-order valence-corrected chi connectivity index (χ4v) is 2.11. The quantitative estimate of drug-likeness (QED) is 0.746. The summed E-state index contributed by atoms with van der Waals surface area (Å²) in [5.41, 5.74) is 0.977. The number of benzene rings is 2. The second-order valence-corrected chi connectivity index (χ2v) is 5.32. The lowest BCUT2D eigenvalue weighted by molar-refractivity contribution is -0.150. The van der Waals surface area contributed by atoms with E-state index in [0.29, 0.717) is 11.5 Å². The second-order valence-electron chi connectivity index (χ2n) is 5.32. The van der Waals surface area contributed by atoms with Gasteiger partial charge in [-0.3, -0.25) is 4.79 Å². The Hall–Kier alpha value is -3.02. The summed E-state index contributed by atoms with van der Waals surface area (Å²) in [5, 5.41) is 2.77. The highest BCUT2D eigenvalue weighted by atomic mass is 16.6. The zero-order chi connectivity index (χ0) is 18.1. The predicted molar refractivity (Wildman–Crippen MR) is 92.4 cm³/mol. The van der Waals surface area contributed by atoms with Crippen LogP contribution in [-0.4, -0.2) is 32.2 Å². The topological polar surface area (TPSA) is 73.9 Å². The maximum Gasteiger partial charge on any atom is 0.344 e. The summed E-state index contributed by atoms with van der Waals surface area (Å²) in [4.78, 5) is 23.5. The van der Waals surface area contributed by atoms with Gasteiger partial charge in [-0.05, 0) is 36.8 Å². The Morgan fingerprint density at radius 3 is 2.24 bits per heavy atom. The molecule has 0 aliphatic heterocycles. The van der Waals surface area contributed by atoms with Crippen LogP contribution in [0.3, 0.4) is 0 Å². The van der Waals surface area contributed by atoms with E-state index in [1.807, 2.05) is 37.3 Å². The number of amides is 1. The van der Waals surface area contributed by atoms with Gasteiger partial charge >= 0.3 is 5.97 Å². The molecule has 2 rings (SSSR count). The molecule has 2 aromatic carbocycles. The first-order valence-electron chi connectivity index (χ1n) is 7.85. The van der Waals surface area contributed by atoms with Gasteiger partial charge in [-0.2, -0.15) is 0 Å². The van der Waals surface area contributed by atoms with Crippen LogP contribution in [0.2, 0.25) is 0 Å². The van der Waals surface area contributed by atoms with E-state index in [9.17, 15) is 9.59 Å². The highest BCUT2D eigenvalue weighted by Crippen LogP contribution is 2.16. The van der Waals surface area contributed by atoms with Crippen molar-refractivity contribution in [3.63, 3.8) is 0 Å². The Balaban J connectivity index is 1.69. The number of hydrogen-bond donors (Lipinski definition) is 1. The fourth-order valence-electron chi connectivity index (χ4n) is 2.11. The molecule has 0 saturated carbocycles. The van der Waals surface area contributed by atoms with E-state index >= 15 is 0 Å². The van der Waals surface area contributed by atoms with Crippen molar-refractivity contribution in [1.29, 1.82) is 0 Å². The molecule has 0 aliphatic carbocycles. The van der Waals surface area contributed by atoms with Crippen LogP contribution in [0.5, 0.6) is 11.5 Å². The Bertz CT molecular complexity index is 685. The predicted octanol–water partition coefficient (Wildman–Crippen LogP) is 2.49. The lowest BCUT2D eigenvalue weighted by atomic mass is 10.1. The smallest absolute Gasteiger partial charge is 0.344 e. The molecule has 0 radical (unpaired) electrons. The molecule has 0 fully saturated rings. The van der Waals surface area contributed by atoms with Gasteiger partial charge in [-0.25, -0.2) is 4.79 Å². The molecule has 0 spiro atoms. The van der Waals surface area contributed by atoms with E-state index in [2.05, 4.69) is 5.32 Å². The highest BCUT2D eigenvalue weighted by Gasteiger charge is 2.12. The van der Waals surface area contributed by atoms with Crippen LogP contribution in [0.25, 0.3) is 0 Å².